The first-order valence-electron chi connectivity index (χ1n) is 38.6. The Hall–Kier alpha value is -0.350. The second kappa shape index (κ2) is 46.1. The molecule has 3 saturated carbocycles. The van der Waals surface area contributed by atoms with Crippen LogP contribution in [0, 0.1) is 90.7 Å². The van der Waals surface area contributed by atoms with Gasteiger partial charge >= 0.3 is 0 Å². The molecule has 0 aromatic heterocycles. The summed E-state index contributed by atoms with van der Waals surface area (Å²) in [6, 6.07) is 0. The highest BCUT2D eigenvalue weighted by atomic mass is 19.2. The maximum atomic E-state index is 15.4. The van der Waals surface area contributed by atoms with Crippen LogP contribution in [0.5, 0.6) is 0 Å². The summed E-state index contributed by atoms with van der Waals surface area (Å²) < 4.78 is 69.3. The third-order valence-corrected chi connectivity index (χ3v) is 21.8. The molecular formula is C86H181F5. The van der Waals surface area contributed by atoms with E-state index in [9.17, 15) is 13.2 Å². The quantitative estimate of drug-likeness (QED) is 0.143. The lowest BCUT2D eigenvalue weighted by atomic mass is 9.57. The summed E-state index contributed by atoms with van der Waals surface area (Å²) in [5, 5.41) is 0. The van der Waals surface area contributed by atoms with Crippen molar-refractivity contribution in [3.8, 4) is 0 Å². The van der Waals surface area contributed by atoms with Gasteiger partial charge in [-0.1, -0.05) is 321 Å². The summed E-state index contributed by atoms with van der Waals surface area (Å²) in [7, 11) is 0. The van der Waals surface area contributed by atoms with Crippen molar-refractivity contribution >= 4 is 0 Å². The molecule has 3 fully saturated rings. The number of hydrogen-bond acceptors (Lipinski definition) is 0. The molecule has 3 rings (SSSR count). The maximum Gasteiger partial charge on any atom is 0.118 e. The highest BCUT2D eigenvalue weighted by Gasteiger charge is 2.53. The van der Waals surface area contributed by atoms with Gasteiger partial charge < -0.3 is 0 Å². The molecule has 3 aliphatic rings. The number of hydrogen-bond donors (Lipinski definition) is 0. The Bertz CT molecular complexity index is 1540. The van der Waals surface area contributed by atoms with Gasteiger partial charge in [0.05, 0.1) is 0 Å². The molecule has 0 aromatic carbocycles. The third kappa shape index (κ3) is 53.3. The van der Waals surface area contributed by atoms with Crippen molar-refractivity contribution in [2.24, 2.45) is 90.7 Å². The van der Waals surface area contributed by atoms with Gasteiger partial charge in [0.25, 0.3) is 0 Å². The molecule has 0 bridgehead atoms. The van der Waals surface area contributed by atoms with E-state index in [0.29, 0.717) is 56.2 Å². The summed E-state index contributed by atoms with van der Waals surface area (Å²) in [5.41, 5.74) is -2.06. The molecule has 3 aliphatic carbocycles. The molecule has 91 heavy (non-hydrogen) atoms. The van der Waals surface area contributed by atoms with Gasteiger partial charge in [0.15, 0.2) is 0 Å². The summed E-state index contributed by atoms with van der Waals surface area (Å²) in [4.78, 5) is 0. The lowest BCUT2D eigenvalue weighted by molar-refractivity contribution is -0.0946. The van der Waals surface area contributed by atoms with Crippen LogP contribution in [0.2, 0.25) is 0 Å². The van der Waals surface area contributed by atoms with Gasteiger partial charge in [0, 0.05) is 10.8 Å². The van der Waals surface area contributed by atoms with Crippen molar-refractivity contribution < 1.29 is 22.0 Å². The predicted molar refractivity (Wildman–Crippen MR) is 412 cm³/mol. The second-order valence-electron chi connectivity index (χ2n) is 39.5. The molecular weight excluding hydrogens is 1130 g/mol. The van der Waals surface area contributed by atoms with Crippen molar-refractivity contribution in [2.45, 2.75) is 467 Å². The molecule has 0 saturated heterocycles. The smallest absolute Gasteiger partial charge is 0.118 e. The van der Waals surface area contributed by atoms with E-state index in [2.05, 4.69) is 263 Å². The molecule has 0 aliphatic heterocycles. The van der Waals surface area contributed by atoms with Gasteiger partial charge in [-0.05, 0) is 198 Å². The first-order valence-corrected chi connectivity index (χ1v) is 38.6. The van der Waals surface area contributed by atoms with Crippen molar-refractivity contribution in [3.05, 3.63) is 0 Å². The minimum Gasteiger partial charge on any atom is -0.244 e. The fraction of sp³-hybridized carbons (Fsp3) is 1.00. The molecule has 0 atom stereocenters. The second-order valence-corrected chi connectivity index (χ2v) is 39.5. The molecule has 0 spiro atoms. The van der Waals surface area contributed by atoms with Crippen LogP contribution in [-0.2, 0) is 0 Å². The van der Waals surface area contributed by atoms with Crippen molar-refractivity contribution in [2.75, 3.05) is 0 Å². The Balaban J connectivity index is -0.000000176. The maximum absolute atomic E-state index is 15.4. The van der Waals surface area contributed by atoms with Crippen LogP contribution in [-0.4, -0.2) is 28.3 Å². The lowest BCUT2D eigenvalue weighted by Gasteiger charge is -2.51. The average molecular weight is 1310 g/mol. The fourth-order valence-corrected chi connectivity index (χ4v) is 13.0. The summed E-state index contributed by atoms with van der Waals surface area (Å²) in [6.45, 7) is 92.6. The average Bonchev–Trinajstić information content (AvgIpc) is 1.46. The van der Waals surface area contributed by atoms with Crippen LogP contribution in [0.15, 0.2) is 0 Å². The minimum absolute atomic E-state index is 0.136. The zero-order chi connectivity index (χ0) is 74.7. The van der Waals surface area contributed by atoms with Crippen LogP contribution in [0.1, 0.15) is 439 Å². The fourth-order valence-electron chi connectivity index (χ4n) is 13.0. The molecule has 0 unspecified atom stereocenters. The zero-order valence-corrected chi connectivity index (χ0v) is 71.6. The number of halogens is 5. The monoisotopic (exact) mass is 1310 g/mol. The van der Waals surface area contributed by atoms with E-state index in [1.807, 2.05) is 13.8 Å². The molecule has 560 valence electrons. The van der Waals surface area contributed by atoms with Gasteiger partial charge in [-0.2, -0.15) is 0 Å². The lowest BCUT2D eigenvalue weighted by Crippen LogP contribution is -2.51. The topological polar surface area (TPSA) is 0 Å². The summed E-state index contributed by atoms with van der Waals surface area (Å²) in [6.07, 6.45) is 22.5. The Morgan fingerprint density at radius 1 is 0.341 bits per heavy atom. The van der Waals surface area contributed by atoms with E-state index in [0.717, 1.165) is 115 Å². The van der Waals surface area contributed by atoms with E-state index < -0.39 is 28.3 Å². The van der Waals surface area contributed by atoms with Gasteiger partial charge in [0.2, 0.25) is 0 Å². The number of alkyl halides is 5. The molecule has 0 amide bonds. The molecule has 0 nitrogen and oxygen atoms in total. The molecule has 0 heterocycles. The predicted octanol–water partition coefficient (Wildman–Crippen LogP) is 32.7. The van der Waals surface area contributed by atoms with Crippen LogP contribution in [0.25, 0.3) is 0 Å². The number of rotatable bonds is 15. The first kappa shape index (κ1) is 104. The Labute approximate surface area is 577 Å². The third-order valence-electron chi connectivity index (χ3n) is 21.8. The van der Waals surface area contributed by atoms with E-state index >= 15 is 8.78 Å². The van der Waals surface area contributed by atoms with Crippen LogP contribution >= 0.6 is 0 Å². The molecule has 0 aromatic rings. The zero-order valence-electron chi connectivity index (χ0n) is 71.6. The normalized spacial score (nSPS) is 17.5. The van der Waals surface area contributed by atoms with E-state index in [1.54, 1.807) is 20.8 Å². The Morgan fingerprint density at radius 2 is 0.571 bits per heavy atom. The molecule has 5 heteroatoms. The van der Waals surface area contributed by atoms with Crippen LogP contribution in [0.4, 0.5) is 22.0 Å². The standard InChI is InChI=1S/C16H33F.C14H29F.C9H17F.C9H20.C7H13F.2C7H16.C6H11F.C6H14.C5H12/c1-10(2)14(11(3)4)16(9,17)15(12(5)6)13(7)8;1-8-12(5,9-2)14(7,15)13(6,10-3)11-4;1-8(2)4-6-9(3,10)7-5-8;1-6-8(7-2)9(3,4)5;1-7(8)5-3-2-4-6-7;1-6(2)7(3,4)5;1-5-6-7(2,3)4;1-6(7)4-2-3-5-6;1-5-6(2,3)4;1-5(2,3)4/h10-15H,1-9H3;8-11H2,1-7H3;4-7H2,1-3H3;8H,6-7H2,1-5H3;2-6H2,1H3;6H,1-5H3;5-6H2,1-4H3;2-5H2,1H3;5H2,1-4H3;1-4H3. The summed E-state index contributed by atoms with van der Waals surface area (Å²) in [5.74, 6) is 3.55. The highest BCUT2D eigenvalue weighted by Crippen LogP contribution is 2.54. The summed E-state index contributed by atoms with van der Waals surface area (Å²) >= 11 is 0. The van der Waals surface area contributed by atoms with Crippen molar-refractivity contribution in [3.63, 3.8) is 0 Å². The SMILES string of the molecule is CC(C)(C)C.CC(C)C(C(C)C)C(C)(F)C(C(C)C)C(C)C.CC(C)C(C)(C)C.CC1(C)CCC(C)(F)CC1.CC1(F)CCCC1.CC1(F)CCCCC1.CCC(C)(C)C.CCC(C)(CC)C(C)(F)C(C)(CC)CC.CCC(CC)C(C)(C)C.CCCC(C)(C)C. The largest absolute Gasteiger partial charge is 0.244 e. The van der Waals surface area contributed by atoms with Gasteiger partial charge in [0.1, 0.15) is 28.3 Å². The van der Waals surface area contributed by atoms with Gasteiger partial charge in [-0.25, -0.2) is 22.0 Å². The highest BCUT2D eigenvalue weighted by molar-refractivity contribution is 5.02. The Kier molecular flexibility index (Phi) is 52.7. The molecule has 0 radical (unpaired) electrons. The van der Waals surface area contributed by atoms with Crippen LogP contribution in [0.3, 0.4) is 0 Å². The van der Waals surface area contributed by atoms with Gasteiger partial charge in [-0.15, -0.1) is 0 Å². The van der Waals surface area contributed by atoms with Crippen LogP contribution < -0.4 is 0 Å². The van der Waals surface area contributed by atoms with Crippen molar-refractivity contribution in [1.82, 2.24) is 0 Å². The van der Waals surface area contributed by atoms with E-state index in [4.69, 9.17) is 0 Å². The Morgan fingerprint density at radius 3 is 0.681 bits per heavy atom. The van der Waals surface area contributed by atoms with E-state index in [-0.39, 0.29) is 22.7 Å². The van der Waals surface area contributed by atoms with E-state index in [1.165, 1.54) is 38.5 Å². The first-order chi connectivity index (χ1) is 40.2. The van der Waals surface area contributed by atoms with Crippen molar-refractivity contribution in [1.29, 1.82) is 0 Å². The minimum atomic E-state index is -1.09. The molecule has 0 N–H and O–H groups in total. The van der Waals surface area contributed by atoms with Gasteiger partial charge in [-0.3, -0.25) is 0 Å².